The summed E-state index contributed by atoms with van der Waals surface area (Å²) in [6.45, 7) is 3.97. The Kier molecular flexibility index (Phi) is 6.42. The number of carbonyl (C=O) groups excluding carboxylic acids is 1. The minimum absolute atomic E-state index is 0.0282. The molecule has 0 aliphatic heterocycles. The molecule has 4 nitrogen and oxygen atoms in total. The lowest BCUT2D eigenvalue weighted by Crippen LogP contribution is -2.22. The van der Waals surface area contributed by atoms with E-state index >= 15 is 0 Å². The fraction of sp³-hybridized carbons (Fsp3) is 0.462. The van der Waals surface area contributed by atoms with Crippen LogP contribution >= 0.6 is 23.2 Å². The first-order valence-corrected chi connectivity index (χ1v) is 6.85. The Morgan fingerprint density at radius 2 is 2.16 bits per heavy atom. The Morgan fingerprint density at radius 1 is 1.47 bits per heavy atom. The molecule has 0 aliphatic carbocycles. The van der Waals surface area contributed by atoms with Gasteiger partial charge in [0, 0.05) is 5.02 Å². The number of hydrogen-bond acceptors (Lipinski definition) is 3. The van der Waals surface area contributed by atoms with E-state index in [1.54, 1.807) is 0 Å². The van der Waals surface area contributed by atoms with Gasteiger partial charge in [0.15, 0.2) is 0 Å². The summed E-state index contributed by atoms with van der Waals surface area (Å²) in [4.78, 5) is 11.7. The number of hydrogen-bond donors (Lipinski definition) is 2. The molecular formula is C13H18Cl2N2O2. The maximum Gasteiger partial charge on any atom is 0.250 e. The van der Waals surface area contributed by atoms with Gasteiger partial charge in [-0.05, 0) is 25.5 Å². The highest BCUT2D eigenvalue weighted by Gasteiger charge is 2.12. The van der Waals surface area contributed by atoms with Crippen molar-refractivity contribution in [3.8, 4) is 0 Å². The molecule has 0 saturated carbocycles. The van der Waals surface area contributed by atoms with Gasteiger partial charge in [0.25, 0.3) is 0 Å². The van der Waals surface area contributed by atoms with Crippen LogP contribution < -0.4 is 11.1 Å². The van der Waals surface area contributed by atoms with Gasteiger partial charge in [0.2, 0.25) is 5.91 Å². The molecule has 19 heavy (non-hydrogen) atoms. The molecule has 0 saturated heterocycles. The number of anilines is 2. The largest absolute Gasteiger partial charge is 0.397 e. The second-order valence-corrected chi connectivity index (χ2v) is 5.15. The van der Waals surface area contributed by atoms with Gasteiger partial charge in [-0.2, -0.15) is 0 Å². The molecule has 0 fully saturated rings. The Bertz CT molecular complexity index is 429. The topological polar surface area (TPSA) is 64.3 Å². The SMILES string of the molecule is CCCC(C)OCC(=O)Nc1c(N)cc(Cl)cc1Cl. The third kappa shape index (κ3) is 5.27. The highest BCUT2D eigenvalue weighted by Crippen LogP contribution is 2.31. The van der Waals surface area contributed by atoms with Crippen molar-refractivity contribution in [2.45, 2.75) is 32.8 Å². The number of amides is 1. The molecule has 1 aromatic rings. The van der Waals surface area contributed by atoms with E-state index in [2.05, 4.69) is 12.2 Å². The Labute approximate surface area is 123 Å². The molecule has 1 rings (SSSR count). The van der Waals surface area contributed by atoms with Crippen LogP contribution in [0.2, 0.25) is 10.0 Å². The Hall–Kier alpha value is -0.970. The molecule has 0 bridgehead atoms. The van der Waals surface area contributed by atoms with Gasteiger partial charge in [-0.25, -0.2) is 0 Å². The molecule has 0 aliphatic rings. The number of rotatable bonds is 6. The zero-order valence-corrected chi connectivity index (χ0v) is 12.5. The van der Waals surface area contributed by atoms with Crippen LogP contribution in [0.1, 0.15) is 26.7 Å². The lowest BCUT2D eigenvalue weighted by atomic mass is 10.2. The molecule has 1 aromatic carbocycles. The molecule has 0 heterocycles. The van der Waals surface area contributed by atoms with Crippen molar-refractivity contribution in [1.82, 2.24) is 0 Å². The Morgan fingerprint density at radius 3 is 2.74 bits per heavy atom. The van der Waals surface area contributed by atoms with Gasteiger partial charge in [-0.1, -0.05) is 36.5 Å². The standard InChI is InChI=1S/C13H18Cl2N2O2/c1-3-4-8(2)19-7-12(18)17-13-10(15)5-9(14)6-11(13)16/h5-6,8H,3-4,7,16H2,1-2H3,(H,17,18). The molecule has 0 aromatic heterocycles. The van der Waals surface area contributed by atoms with E-state index in [0.29, 0.717) is 21.4 Å². The summed E-state index contributed by atoms with van der Waals surface area (Å²) in [7, 11) is 0. The van der Waals surface area contributed by atoms with Crippen LogP contribution in [-0.2, 0) is 9.53 Å². The van der Waals surface area contributed by atoms with E-state index in [9.17, 15) is 4.79 Å². The quantitative estimate of drug-likeness (QED) is 0.787. The van der Waals surface area contributed by atoms with Crippen LogP contribution in [0.4, 0.5) is 11.4 Å². The number of nitrogens with two attached hydrogens (primary N) is 1. The van der Waals surface area contributed by atoms with Crippen LogP contribution in [0.25, 0.3) is 0 Å². The summed E-state index contributed by atoms with van der Waals surface area (Å²) in [6.07, 6.45) is 1.98. The van der Waals surface area contributed by atoms with Gasteiger partial charge in [-0.3, -0.25) is 4.79 Å². The maximum absolute atomic E-state index is 11.7. The summed E-state index contributed by atoms with van der Waals surface area (Å²) in [5.41, 5.74) is 6.44. The van der Waals surface area contributed by atoms with Gasteiger partial charge >= 0.3 is 0 Å². The first-order valence-electron chi connectivity index (χ1n) is 6.10. The zero-order chi connectivity index (χ0) is 14.4. The van der Waals surface area contributed by atoms with E-state index in [4.69, 9.17) is 33.7 Å². The van der Waals surface area contributed by atoms with E-state index in [0.717, 1.165) is 12.8 Å². The maximum atomic E-state index is 11.7. The average Bonchev–Trinajstić information content (AvgIpc) is 2.31. The van der Waals surface area contributed by atoms with Crippen LogP contribution in [0.3, 0.4) is 0 Å². The monoisotopic (exact) mass is 304 g/mol. The molecule has 1 unspecified atom stereocenters. The summed E-state index contributed by atoms with van der Waals surface area (Å²) >= 11 is 11.8. The second-order valence-electron chi connectivity index (χ2n) is 4.31. The van der Waals surface area contributed by atoms with Gasteiger partial charge < -0.3 is 15.8 Å². The first-order chi connectivity index (χ1) is 8.93. The number of halogens is 2. The summed E-state index contributed by atoms with van der Waals surface area (Å²) in [5.74, 6) is -0.293. The minimum atomic E-state index is -0.293. The number of benzene rings is 1. The number of nitrogens with one attached hydrogen (secondary N) is 1. The fourth-order valence-corrected chi connectivity index (χ4v) is 2.17. The smallest absolute Gasteiger partial charge is 0.250 e. The van der Waals surface area contributed by atoms with Crippen molar-refractivity contribution in [3.63, 3.8) is 0 Å². The van der Waals surface area contributed by atoms with Crippen molar-refractivity contribution in [2.24, 2.45) is 0 Å². The fourth-order valence-electron chi connectivity index (χ4n) is 1.61. The van der Waals surface area contributed by atoms with Gasteiger partial charge in [0.1, 0.15) is 6.61 Å². The predicted molar refractivity (Wildman–Crippen MR) is 79.8 cm³/mol. The van der Waals surface area contributed by atoms with Crippen molar-refractivity contribution < 1.29 is 9.53 Å². The third-order valence-electron chi connectivity index (χ3n) is 2.54. The van der Waals surface area contributed by atoms with E-state index in [-0.39, 0.29) is 18.6 Å². The van der Waals surface area contributed by atoms with Crippen molar-refractivity contribution in [2.75, 3.05) is 17.7 Å². The molecule has 0 spiro atoms. The number of ether oxygens (including phenoxy) is 1. The van der Waals surface area contributed by atoms with Crippen molar-refractivity contribution >= 4 is 40.5 Å². The van der Waals surface area contributed by atoms with Crippen molar-refractivity contribution in [3.05, 3.63) is 22.2 Å². The summed E-state index contributed by atoms with van der Waals surface area (Å²) in [6, 6.07) is 3.05. The van der Waals surface area contributed by atoms with E-state index in [1.807, 2.05) is 6.92 Å². The molecular weight excluding hydrogens is 287 g/mol. The van der Waals surface area contributed by atoms with Gasteiger partial charge in [-0.15, -0.1) is 0 Å². The lowest BCUT2D eigenvalue weighted by molar-refractivity contribution is -0.122. The van der Waals surface area contributed by atoms with Crippen LogP contribution in [-0.4, -0.2) is 18.6 Å². The first kappa shape index (κ1) is 16.1. The normalized spacial score (nSPS) is 12.2. The lowest BCUT2D eigenvalue weighted by Gasteiger charge is -2.13. The highest BCUT2D eigenvalue weighted by atomic mass is 35.5. The van der Waals surface area contributed by atoms with Crippen LogP contribution in [0, 0.1) is 0 Å². The molecule has 106 valence electrons. The van der Waals surface area contributed by atoms with Crippen molar-refractivity contribution in [1.29, 1.82) is 0 Å². The molecule has 1 amide bonds. The molecule has 6 heteroatoms. The molecule has 0 radical (unpaired) electrons. The number of nitrogen functional groups attached to an aromatic ring is 1. The van der Waals surface area contributed by atoms with Crippen LogP contribution in [0.5, 0.6) is 0 Å². The Balaban J connectivity index is 2.58. The molecule has 3 N–H and O–H groups in total. The number of carbonyl (C=O) groups is 1. The predicted octanol–water partition coefficient (Wildman–Crippen LogP) is 3.72. The second kappa shape index (κ2) is 7.58. The molecule has 1 atom stereocenters. The third-order valence-corrected chi connectivity index (χ3v) is 3.06. The average molecular weight is 305 g/mol. The zero-order valence-electron chi connectivity index (χ0n) is 11.0. The van der Waals surface area contributed by atoms with E-state index < -0.39 is 0 Å². The van der Waals surface area contributed by atoms with E-state index in [1.165, 1.54) is 12.1 Å². The summed E-state index contributed by atoms with van der Waals surface area (Å²) in [5, 5.41) is 3.35. The van der Waals surface area contributed by atoms with Gasteiger partial charge in [0.05, 0.1) is 22.5 Å². The highest BCUT2D eigenvalue weighted by molar-refractivity contribution is 6.37. The minimum Gasteiger partial charge on any atom is -0.397 e. The van der Waals surface area contributed by atoms with Crippen LogP contribution in [0.15, 0.2) is 12.1 Å². The summed E-state index contributed by atoms with van der Waals surface area (Å²) < 4.78 is 5.40.